The zero-order valence-corrected chi connectivity index (χ0v) is 13.0. The Balaban J connectivity index is 1.76. The van der Waals surface area contributed by atoms with Crippen molar-refractivity contribution in [2.45, 2.75) is 102 Å². The van der Waals surface area contributed by atoms with Gasteiger partial charge < -0.3 is 4.90 Å². The standard InChI is InChI=1S/C18H35N/c1-2-4-6-8-13-17-19(16-12-7-5-3-1)18-14-10-9-11-15-18/h18H,1-17H2. The van der Waals surface area contributed by atoms with Crippen molar-refractivity contribution >= 4 is 0 Å². The molecule has 2 fully saturated rings. The molecule has 1 nitrogen and oxygen atoms in total. The molecule has 0 aromatic heterocycles. The van der Waals surface area contributed by atoms with Gasteiger partial charge in [-0.1, -0.05) is 70.6 Å². The summed E-state index contributed by atoms with van der Waals surface area (Å²) in [5.74, 6) is 0. The molecule has 1 aliphatic heterocycles. The highest BCUT2D eigenvalue weighted by atomic mass is 15.1. The van der Waals surface area contributed by atoms with Crippen LogP contribution in [0.1, 0.15) is 96.3 Å². The van der Waals surface area contributed by atoms with Crippen LogP contribution in [0.2, 0.25) is 0 Å². The normalized spacial score (nSPS) is 27.2. The van der Waals surface area contributed by atoms with Crippen LogP contribution in [0.3, 0.4) is 0 Å². The first-order valence-corrected chi connectivity index (χ1v) is 9.21. The minimum absolute atomic E-state index is 0.943. The van der Waals surface area contributed by atoms with E-state index in [-0.39, 0.29) is 0 Å². The molecule has 0 spiro atoms. The van der Waals surface area contributed by atoms with E-state index < -0.39 is 0 Å². The molecule has 0 radical (unpaired) electrons. The second kappa shape index (κ2) is 9.80. The van der Waals surface area contributed by atoms with Gasteiger partial charge in [-0.25, -0.2) is 0 Å². The van der Waals surface area contributed by atoms with Gasteiger partial charge in [-0.05, 0) is 38.8 Å². The van der Waals surface area contributed by atoms with Crippen LogP contribution in [0.15, 0.2) is 0 Å². The van der Waals surface area contributed by atoms with E-state index in [1.807, 2.05) is 0 Å². The lowest BCUT2D eigenvalue weighted by molar-refractivity contribution is 0.150. The summed E-state index contributed by atoms with van der Waals surface area (Å²) in [7, 11) is 0. The molecule has 0 aromatic rings. The SMILES string of the molecule is C1CCCCCCN(C2CCCCC2)CCCCC1. The second-order valence-electron chi connectivity index (χ2n) is 6.86. The fourth-order valence-corrected chi connectivity index (χ4v) is 3.97. The Morgan fingerprint density at radius 1 is 0.421 bits per heavy atom. The molecule has 0 amide bonds. The van der Waals surface area contributed by atoms with Crippen LogP contribution >= 0.6 is 0 Å². The van der Waals surface area contributed by atoms with E-state index >= 15 is 0 Å². The van der Waals surface area contributed by atoms with E-state index in [1.165, 1.54) is 109 Å². The minimum atomic E-state index is 0.943. The minimum Gasteiger partial charge on any atom is -0.300 e. The van der Waals surface area contributed by atoms with Crippen LogP contribution in [-0.2, 0) is 0 Å². The molecule has 1 heteroatoms. The van der Waals surface area contributed by atoms with Crippen molar-refractivity contribution in [2.24, 2.45) is 0 Å². The first kappa shape index (κ1) is 15.4. The maximum Gasteiger partial charge on any atom is 0.00952 e. The maximum atomic E-state index is 2.87. The highest BCUT2D eigenvalue weighted by Gasteiger charge is 2.20. The smallest absolute Gasteiger partial charge is 0.00952 e. The third-order valence-corrected chi connectivity index (χ3v) is 5.23. The first-order valence-electron chi connectivity index (χ1n) is 9.21. The predicted octanol–water partition coefficient (Wildman–Crippen LogP) is 5.54. The average molecular weight is 265 g/mol. The highest BCUT2D eigenvalue weighted by Crippen LogP contribution is 2.24. The van der Waals surface area contributed by atoms with E-state index in [9.17, 15) is 0 Å². The van der Waals surface area contributed by atoms with E-state index in [1.54, 1.807) is 0 Å². The molecule has 0 atom stereocenters. The van der Waals surface area contributed by atoms with Crippen LogP contribution in [0.4, 0.5) is 0 Å². The molecule has 1 aliphatic carbocycles. The molecule has 2 rings (SSSR count). The molecule has 112 valence electrons. The van der Waals surface area contributed by atoms with Gasteiger partial charge in [0, 0.05) is 6.04 Å². The number of nitrogens with zero attached hydrogens (tertiary/aromatic N) is 1. The molecule has 1 heterocycles. The van der Waals surface area contributed by atoms with E-state index in [0.717, 1.165) is 6.04 Å². The van der Waals surface area contributed by atoms with Crippen LogP contribution in [0.25, 0.3) is 0 Å². The number of hydrogen-bond donors (Lipinski definition) is 0. The van der Waals surface area contributed by atoms with Crippen molar-refractivity contribution < 1.29 is 0 Å². The summed E-state index contributed by atoms with van der Waals surface area (Å²) in [6.45, 7) is 2.79. The fraction of sp³-hybridized carbons (Fsp3) is 1.00. The zero-order chi connectivity index (χ0) is 13.2. The van der Waals surface area contributed by atoms with Crippen molar-refractivity contribution in [1.29, 1.82) is 0 Å². The molecule has 0 bridgehead atoms. The van der Waals surface area contributed by atoms with Gasteiger partial charge in [0.15, 0.2) is 0 Å². The summed E-state index contributed by atoms with van der Waals surface area (Å²) in [4.78, 5) is 2.87. The second-order valence-corrected chi connectivity index (χ2v) is 6.86. The number of hydrogen-bond acceptors (Lipinski definition) is 1. The fourth-order valence-electron chi connectivity index (χ4n) is 3.97. The Labute approximate surface area is 121 Å². The van der Waals surface area contributed by atoms with Crippen molar-refractivity contribution in [3.63, 3.8) is 0 Å². The van der Waals surface area contributed by atoms with Gasteiger partial charge in [0.1, 0.15) is 0 Å². The molecule has 1 saturated heterocycles. The maximum absolute atomic E-state index is 2.87. The molecule has 0 aromatic carbocycles. The summed E-state index contributed by atoms with van der Waals surface area (Å²) >= 11 is 0. The Morgan fingerprint density at radius 2 is 0.789 bits per heavy atom. The molecule has 0 unspecified atom stereocenters. The monoisotopic (exact) mass is 265 g/mol. The van der Waals surface area contributed by atoms with E-state index in [4.69, 9.17) is 0 Å². The Morgan fingerprint density at radius 3 is 1.26 bits per heavy atom. The first-order chi connectivity index (χ1) is 9.47. The third-order valence-electron chi connectivity index (χ3n) is 5.23. The highest BCUT2D eigenvalue weighted by molar-refractivity contribution is 4.76. The summed E-state index contributed by atoms with van der Waals surface area (Å²) in [6, 6.07) is 0.943. The topological polar surface area (TPSA) is 3.24 Å². The van der Waals surface area contributed by atoms with Gasteiger partial charge in [0.25, 0.3) is 0 Å². The summed E-state index contributed by atoms with van der Waals surface area (Å²) in [5, 5.41) is 0. The lowest BCUT2D eigenvalue weighted by atomic mass is 9.93. The van der Waals surface area contributed by atoms with Gasteiger partial charge in [-0.15, -0.1) is 0 Å². The third kappa shape index (κ3) is 6.29. The van der Waals surface area contributed by atoms with Crippen molar-refractivity contribution in [3.05, 3.63) is 0 Å². The summed E-state index contributed by atoms with van der Waals surface area (Å²) in [6.07, 6.45) is 22.2. The summed E-state index contributed by atoms with van der Waals surface area (Å²) < 4.78 is 0. The lowest BCUT2D eigenvalue weighted by Gasteiger charge is -2.34. The average Bonchev–Trinajstić information content (AvgIpc) is 2.49. The molecule has 0 N–H and O–H groups in total. The lowest BCUT2D eigenvalue weighted by Crippen LogP contribution is -2.38. The molecule has 1 saturated carbocycles. The van der Waals surface area contributed by atoms with Gasteiger partial charge in [0.05, 0.1) is 0 Å². The summed E-state index contributed by atoms with van der Waals surface area (Å²) in [5.41, 5.74) is 0. The zero-order valence-electron chi connectivity index (χ0n) is 13.0. The quantitative estimate of drug-likeness (QED) is 0.602. The van der Waals surface area contributed by atoms with Crippen LogP contribution < -0.4 is 0 Å². The Kier molecular flexibility index (Phi) is 7.92. The molecule has 2 aliphatic rings. The Bertz CT molecular complexity index is 194. The van der Waals surface area contributed by atoms with E-state index in [0.29, 0.717) is 0 Å². The van der Waals surface area contributed by atoms with Crippen molar-refractivity contribution in [2.75, 3.05) is 13.1 Å². The number of rotatable bonds is 1. The predicted molar refractivity (Wildman–Crippen MR) is 84.6 cm³/mol. The van der Waals surface area contributed by atoms with Gasteiger partial charge in [-0.2, -0.15) is 0 Å². The van der Waals surface area contributed by atoms with Gasteiger partial charge >= 0.3 is 0 Å². The van der Waals surface area contributed by atoms with Crippen LogP contribution in [0.5, 0.6) is 0 Å². The van der Waals surface area contributed by atoms with Gasteiger partial charge in [-0.3, -0.25) is 0 Å². The van der Waals surface area contributed by atoms with Crippen LogP contribution in [0, 0.1) is 0 Å². The van der Waals surface area contributed by atoms with Crippen molar-refractivity contribution in [1.82, 2.24) is 4.90 Å². The Hall–Kier alpha value is -0.0400. The molecular weight excluding hydrogens is 230 g/mol. The largest absolute Gasteiger partial charge is 0.300 e. The van der Waals surface area contributed by atoms with Crippen molar-refractivity contribution in [3.8, 4) is 0 Å². The van der Waals surface area contributed by atoms with Crippen LogP contribution in [-0.4, -0.2) is 24.0 Å². The van der Waals surface area contributed by atoms with Gasteiger partial charge in [0.2, 0.25) is 0 Å². The molecule has 19 heavy (non-hydrogen) atoms. The molecular formula is C18H35N. The van der Waals surface area contributed by atoms with E-state index in [2.05, 4.69) is 4.90 Å².